The van der Waals surface area contributed by atoms with Crippen molar-refractivity contribution >= 4 is 35.1 Å². The van der Waals surface area contributed by atoms with Crippen LogP contribution >= 0.6 is 11.8 Å². The van der Waals surface area contributed by atoms with Crippen molar-refractivity contribution in [2.45, 2.75) is 55.8 Å². The van der Waals surface area contributed by atoms with Crippen LogP contribution in [-0.4, -0.2) is 28.1 Å². The summed E-state index contributed by atoms with van der Waals surface area (Å²) >= 11 is 1.17. The lowest BCUT2D eigenvalue weighted by molar-refractivity contribution is -0.121. The summed E-state index contributed by atoms with van der Waals surface area (Å²) in [6.07, 6.45) is 4.44. The van der Waals surface area contributed by atoms with Crippen LogP contribution in [0.1, 0.15) is 55.5 Å². The minimum atomic E-state index is -0.447. The van der Waals surface area contributed by atoms with Crippen LogP contribution in [0.25, 0.3) is 0 Å². The molecule has 2 aromatic rings. The van der Waals surface area contributed by atoms with Gasteiger partial charge in [-0.25, -0.2) is 4.98 Å². The summed E-state index contributed by atoms with van der Waals surface area (Å²) in [7, 11) is 0. The largest absolute Gasteiger partial charge is 0.383 e. The molecule has 8 heteroatoms. The minimum Gasteiger partial charge on any atom is -0.383 e. The molecule has 162 valence electrons. The lowest BCUT2D eigenvalue weighted by atomic mass is 9.86. The van der Waals surface area contributed by atoms with Crippen molar-refractivity contribution in [2.24, 2.45) is 5.92 Å². The van der Waals surface area contributed by atoms with Gasteiger partial charge in [0.15, 0.2) is 0 Å². The molecule has 1 aromatic carbocycles. The number of rotatable bonds is 6. The van der Waals surface area contributed by atoms with E-state index >= 15 is 0 Å². The number of hydrogen-bond donors (Lipinski definition) is 3. The standard InChI is InChI=1S/C23H27N5O2S/c1-14-8-6-7-11-19(14)27-21(29)15(2)31-23-16(13-24)12-18(20(25)28-23)22(30)26-17-9-4-3-5-10-17/h3-5,9-10,12,14-15,19H,6-8,11H2,1-2H3,(H2,25,28)(H,26,30)(H,27,29). The number of thioether (sulfide) groups is 1. The third-order valence-corrected chi connectivity index (χ3v) is 6.61. The Balaban J connectivity index is 1.71. The van der Waals surface area contributed by atoms with E-state index in [-0.39, 0.29) is 28.9 Å². The molecule has 3 unspecified atom stereocenters. The highest BCUT2D eigenvalue weighted by atomic mass is 32.2. The highest BCUT2D eigenvalue weighted by Gasteiger charge is 2.26. The summed E-state index contributed by atoms with van der Waals surface area (Å²) in [5.74, 6) is -0.0515. The monoisotopic (exact) mass is 437 g/mol. The lowest BCUT2D eigenvalue weighted by Crippen LogP contribution is -2.44. The summed E-state index contributed by atoms with van der Waals surface area (Å²) in [5.41, 5.74) is 6.97. The molecule has 0 saturated heterocycles. The summed E-state index contributed by atoms with van der Waals surface area (Å²) in [6, 6.07) is 12.6. The first kappa shape index (κ1) is 22.6. The van der Waals surface area contributed by atoms with Gasteiger partial charge in [-0.15, -0.1) is 0 Å². The molecule has 3 rings (SSSR count). The molecule has 1 heterocycles. The van der Waals surface area contributed by atoms with Crippen LogP contribution in [0, 0.1) is 17.2 Å². The molecule has 1 fully saturated rings. The van der Waals surface area contributed by atoms with Gasteiger partial charge in [0.2, 0.25) is 5.91 Å². The van der Waals surface area contributed by atoms with E-state index in [1.807, 2.05) is 6.07 Å². The normalized spacial score (nSPS) is 19.1. The van der Waals surface area contributed by atoms with Crippen molar-refractivity contribution in [3.05, 3.63) is 47.5 Å². The number of nitrogens with zero attached hydrogens (tertiary/aromatic N) is 2. The summed E-state index contributed by atoms with van der Waals surface area (Å²) in [5, 5.41) is 15.3. The van der Waals surface area contributed by atoms with Crippen LogP contribution < -0.4 is 16.4 Å². The number of hydrogen-bond acceptors (Lipinski definition) is 6. The molecule has 1 saturated carbocycles. The second-order valence-electron chi connectivity index (χ2n) is 7.84. The van der Waals surface area contributed by atoms with Gasteiger partial charge in [0.05, 0.1) is 16.4 Å². The number of anilines is 2. The van der Waals surface area contributed by atoms with Crippen LogP contribution in [0.4, 0.5) is 11.5 Å². The average molecular weight is 438 g/mol. The first-order valence-corrected chi connectivity index (χ1v) is 11.3. The number of pyridine rings is 1. The molecule has 1 aliphatic carbocycles. The van der Waals surface area contributed by atoms with Gasteiger partial charge in [-0.3, -0.25) is 9.59 Å². The number of para-hydroxylation sites is 1. The van der Waals surface area contributed by atoms with E-state index < -0.39 is 11.2 Å². The van der Waals surface area contributed by atoms with Crippen molar-refractivity contribution in [1.29, 1.82) is 5.26 Å². The van der Waals surface area contributed by atoms with Crippen molar-refractivity contribution in [1.82, 2.24) is 10.3 Å². The van der Waals surface area contributed by atoms with E-state index in [1.165, 1.54) is 24.2 Å². The van der Waals surface area contributed by atoms with E-state index in [0.29, 0.717) is 16.6 Å². The van der Waals surface area contributed by atoms with Crippen molar-refractivity contribution < 1.29 is 9.59 Å². The predicted octanol–water partition coefficient (Wildman–Crippen LogP) is 3.96. The zero-order chi connectivity index (χ0) is 22.4. The van der Waals surface area contributed by atoms with Crippen molar-refractivity contribution in [3.8, 4) is 6.07 Å². The Labute approximate surface area is 186 Å². The number of amides is 2. The fourth-order valence-electron chi connectivity index (χ4n) is 3.63. The van der Waals surface area contributed by atoms with Crippen LogP contribution in [0.5, 0.6) is 0 Å². The quantitative estimate of drug-likeness (QED) is 0.588. The number of nitriles is 1. The van der Waals surface area contributed by atoms with Crippen LogP contribution in [-0.2, 0) is 4.79 Å². The summed E-state index contributed by atoms with van der Waals surface area (Å²) < 4.78 is 0. The molecule has 0 bridgehead atoms. The maximum Gasteiger partial charge on any atom is 0.259 e. The predicted molar refractivity (Wildman–Crippen MR) is 123 cm³/mol. The highest BCUT2D eigenvalue weighted by Crippen LogP contribution is 2.29. The second kappa shape index (κ2) is 10.3. The molecule has 1 aromatic heterocycles. The van der Waals surface area contributed by atoms with E-state index in [1.54, 1.807) is 31.2 Å². The topological polar surface area (TPSA) is 121 Å². The lowest BCUT2D eigenvalue weighted by Gasteiger charge is -2.30. The summed E-state index contributed by atoms with van der Waals surface area (Å²) in [6.45, 7) is 3.94. The maximum atomic E-state index is 12.7. The van der Waals surface area contributed by atoms with Crippen molar-refractivity contribution in [3.63, 3.8) is 0 Å². The zero-order valence-corrected chi connectivity index (χ0v) is 18.5. The smallest absolute Gasteiger partial charge is 0.259 e. The number of nitrogens with one attached hydrogen (secondary N) is 2. The maximum absolute atomic E-state index is 12.7. The molecule has 1 aliphatic rings. The van der Waals surface area contributed by atoms with E-state index in [2.05, 4.69) is 28.6 Å². The number of nitrogen functional groups attached to an aromatic ring is 1. The van der Waals surface area contributed by atoms with E-state index in [9.17, 15) is 14.9 Å². The molecule has 0 aliphatic heterocycles. The Bertz CT molecular complexity index is 989. The minimum absolute atomic E-state index is 0.0171. The molecular weight excluding hydrogens is 410 g/mol. The fourth-order valence-corrected chi connectivity index (χ4v) is 4.53. The van der Waals surface area contributed by atoms with Crippen LogP contribution in [0.3, 0.4) is 0 Å². The Morgan fingerprint density at radius 3 is 2.65 bits per heavy atom. The second-order valence-corrected chi connectivity index (χ2v) is 9.17. The Morgan fingerprint density at radius 1 is 1.26 bits per heavy atom. The third kappa shape index (κ3) is 5.76. The molecule has 3 atom stereocenters. The molecule has 4 N–H and O–H groups in total. The SMILES string of the molecule is CC(Sc1nc(N)c(C(=O)Nc2ccccc2)cc1C#N)C(=O)NC1CCCCC1C. The number of carbonyl (C=O) groups is 2. The van der Waals surface area contributed by atoms with Gasteiger partial charge in [-0.05, 0) is 43.9 Å². The third-order valence-electron chi connectivity index (χ3n) is 5.51. The number of benzene rings is 1. The van der Waals surface area contributed by atoms with E-state index in [0.717, 1.165) is 19.3 Å². The fraction of sp³-hybridized carbons (Fsp3) is 0.391. The molecule has 31 heavy (non-hydrogen) atoms. The molecular formula is C23H27N5O2S. The van der Waals surface area contributed by atoms with Gasteiger partial charge in [-0.2, -0.15) is 5.26 Å². The van der Waals surface area contributed by atoms with Crippen molar-refractivity contribution in [2.75, 3.05) is 11.1 Å². The first-order chi connectivity index (χ1) is 14.9. The molecule has 0 spiro atoms. The van der Waals surface area contributed by atoms with Crippen LogP contribution in [0.15, 0.2) is 41.4 Å². The number of carbonyl (C=O) groups excluding carboxylic acids is 2. The van der Waals surface area contributed by atoms with Gasteiger partial charge >= 0.3 is 0 Å². The number of nitrogens with two attached hydrogens (primary N) is 1. The van der Waals surface area contributed by atoms with Gasteiger partial charge in [0.1, 0.15) is 16.9 Å². The van der Waals surface area contributed by atoms with Gasteiger partial charge in [0.25, 0.3) is 5.91 Å². The van der Waals surface area contributed by atoms with Crippen LogP contribution in [0.2, 0.25) is 0 Å². The van der Waals surface area contributed by atoms with E-state index in [4.69, 9.17) is 5.73 Å². The van der Waals surface area contributed by atoms with Gasteiger partial charge in [0, 0.05) is 11.7 Å². The van der Waals surface area contributed by atoms with Gasteiger partial charge in [-0.1, -0.05) is 49.7 Å². The average Bonchev–Trinajstić information content (AvgIpc) is 2.76. The Hall–Kier alpha value is -3.05. The van der Waals surface area contributed by atoms with Gasteiger partial charge < -0.3 is 16.4 Å². The zero-order valence-electron chi connectivity index (χ0n) is 17.7. The summed E-state index contributed by atoms with van der Waals surface area (Å²) in [4.78, 5) is 29.5. The molecule has 7 nitrogen and oxygen atoms in total. The Morgan fingerprint density at radius 2 is 1.97 bits per heavy atom. The Kier molecular flexibility index (Phi) is 7.53. The highest BCUT2D eigenvalue weighted by molar-refractivity contribution is 8.00. The molecule has 2 amide bonds. The first-order valence-electron chi connectivity index (χ1n) is 10.4. The number of aromatic nitrogens is 1. The molecule has 0 radical (unpaired) electrons.